The van der Waals surface area contributed by atoms with Crippen molar-refractivity contribution in [2.75, 3.05) is 37.6 Å². The number of carboxylic acid groups (broad SMARTS) is 1. The summed E-state index contributed by atoms with van der Waals surface area (Å²) in [5, 5.41) is 11.0. The fourth-order valence-corrected chi connectivity index (χ4v) is 7.02. The summed E-state index contributed by atoms with van der Waals surface area (Å²) in [4.78, 5) is 28.8. The SMILES string of the molecule is Cc1ccc2c(c1)N(CCN1CCCC(=O)CC1)CCn1c-2c(C2CCCCC2)c2ccc(C(=O)O)cc21. The first-order valence-electron chi connectivity index (χ1n) is 14.5. The number of carboxylic acids is 1. The number of benzene rings is 2. The third-order valence-electron chi connectivity index (χ3n) is 9.03. The Balaban J connectivity index is 1.44. The van der Waals surface area contributed by atoms with Gasteiger partial charge in [-0.25, -0.2) is 4.79 Å². The van der Waals surface area contributed by atoms with Gasteiger partial charge in [-0.1, -0.05) is 37.5 Å². The molecule has 0 atom stereocenters. The predicted octanol–water partition coefficient (Wildman–Crippen LogP) is 6.24. The fraction of sp³-hybridized carbons (Fsp3) is 0.500. The molecular formula is C32H39N3O3. The number of carbonyl (C=O) groups excluding carboxylic acids is 1. The molecule has 1 N–H and O–H groups in total. The molecule has 2 aromatic carbocycles. The topological polar surface area (TPSA) is 65.8 Å². The number of hydrogen-bond acceptors (Lipinski definition) is 4. The highest BCUT2D eigenvalue weighted by molar-refractivity contribution is 5.99. The molecule has 1 saturated carbocycles. The van der Waals surface area contributed by atoms with Gasteiger partial charge in [0.2, 0.25) is 0 Å². The standard InChI is InChI=1S/C32H39N3O3/c1-22-9-11-27-28(20-22)34(17-16-33-14-5-8-25(36)13-15-33)18-19-35-29-21-24(32(37)38)10-12-26(29)30(31(27)35)23-6-3-2-4-7-23/h9-12,20-21,23H,2-8,13-19H2,1H3,(H,37,38). The highest BCUT2D eigenvalue weighted by Gasteiger charge is 2.31. The second-order valence-corrected chi connectivity index (χ2v) is 11.5. The summed E-state index contributed by atoms with van der Waals surface area (Å²) in [7, 11) is 0. The van der Waals surface area contributed by atoms with Crippen LogP contribution < -0.4 is 4.90 Å². The lowest BCUT2D eigenvalue weighted by Crippen LogP contribution is -2.37. The van der Waals surface area contributed by atoms with Crippen LogP contribution in [0.2, 0.25) is 0 Å². The Morgan fingerprint density at radius 3 is 2.58 bits per heavy atom. The first kappa shape index (κ1) is 25.2. The van der Waals surface area contributed by atoms with Crippen LogP contribution in [0.25, 0.3) is 22.2 Å². The van der Waals surface area contributed by atoms with Crippen molar-refractivity contribution in [3.8, 4) is 11.3 Å². The van der Waals surface area contributed by atoms with E-state index in [9.17, 15) is 14.7 Å². The van der Waals surface area contributed by atoms with Crippen LogP contribution in [-0.2, 0) is 11.3 Å². The zero-order valence-electron chi connectivity index (χ0n) is 22.5. The van der Waals surface area contributed by atoms with E-state index >= 15 is 0 Å². The fourth-order valence-electron chi connectivity index (χ4n) is 7.02. The molecule has 1 aromatic heterocycles. The van der Waals surface area contributed by atoms with E-state index in [2.05, 4.69) is 45.6 Å². The Kier molecular flexibility index (Phi) is 7.00. The number of ketones is 1. The number of Topliss-reactive ketones (excluding diaryl/α,β-unsaturated/α-hetero) is 1. The molecule has 2 fully saturated rings. The first-order valence-corrected chi connectivity index (χ1v) is 14.5. The maximum atomic E-state index is 11.9. The molecular weight excluding hydrogens is 474 g/mol. The maximum Gasteiger partial charge on any atom is 0.335 e. The largest absolute Gasteiger partial charge is 0.478 e. The van der Waals surface area contributed by atoms with E-state index < -0.39 is 5.97 Å². The Hall–Kier alpha value is -3.12. The van der Waals surface area contributed by atoms with Crippen molar-refractivity contribution >= 4 is 28.3 Å². The summed E-state index contributed by atoms with van der Waals surface area (Å²) in [6.07, 6.45) is 8.57. The highest BCUT2D eigenvalue weighted by atomic mass is 16.4. The molecule has 0 unspecified atom stereocenters. The number of aromatic carboxylic acids is 1. The molecule has 1 saturated heterocycles. The summed E-state index contributed by atoms with van der Waals surface area (Å²) < 4.78 is 2.42. The molecule has 1 aliphatic carbocycles. The smallest absolute Gasteiger partial charge is 0.335 e. The lowest BCUT2D eigenvalue weighted by molar-refractivity contribution is -0.118. The summed E-state index contributed by atoms with van der Waals surface area (Å²) in [6.45, 7) is 7.60. The molecule has 3 heterocycles. The van der Waals surface area contributed by atoms with Crippen molar-refractivity contribution in [3.63, 3.8) is 0 Å². The van der Waals surface area contributed by atoms with Gasteiger partial charge >= 0.3 is 5.97 Å². The van der Waals surface area contributed by atoms with Gasteiger partial charge in [0.25, 0.3) is 0 Å². The van der Waals surface area contributed by atoms with E-state index in [0.717, 1.165) is 51.2 Å². The number of aromatic nitrogens is 1. The Morgan fingerprint density at radius 1 is 0.921 bits per heavy atom. The van der Waals surface area contributed by atoms with Gasteiger partial charge in [-0.05, 0) is 68.0 Å². The van der Waals surface area contributed by atoms with Gasteiger partial charge in [0.1, 0.15) is 5.78 Å². The minimum absolute atomic E-state index is 0.355. The Labute approximate surface area is 225 Å². The number of carbonyl (C=O) groups is 2. The summed E-state index contributed by atoms with van der Waals surface area (Å²) >= 11 is 0. The van der Waals surface area contributed by atoms with Crippen molar-refractivity contribution < 1.29 is 14.7 Å². The molecule has 2 aliphatic heterocycles. The second kappa shape index (κ2) is 10.6. The van der Waals surface area contributed by atoms with Gasteiger partial charge in [0.05, 0.1) is 11.3 Å². The zero-order valence-corrected chi connectivity index (χ0v) is 22.5. The summed E-state index contributed by atoms with van der Waals surface area (Å²) in [6, 6.07) is 12.6. The predicted molar refractivity (Wildman–Crippen MR) is 152 cm³/mol. The molecule has 200 valence electrons. The second-order valence-electron chi connectivity index (χ2n) is 11.5. The number of nitrogens with zero attached hydrogens (tertiary/aromatic N) is 3. The van der Waals surface area contributed by atoms with Gasteiger partial charge in [-0.15, -0.1) is 0 Å². The minimum Gasteiger partial charge on any atom is -0.478 e. The number of likely N-dealkylation sites (tertiary alicyclic amines) is 1. The summed E-state index contributed by atoms with van der Waals surface area (Å²) in [5.74, 6) is 0.0304. The monoisotopic (exact) mass is 513 g/mol. The average molecular weight is 514 g/mol. The molecule has 38 heavy (non-hydrogen) atoms. The van der Waals surface area contributed by atoms with Crippen LogP contribution in [0.1, 0.15) is 78.8 Å². The van der Waals surface area contributed by atoms with Crippen LogP contribution in [0, 0.1) is 6.92 Å². The maximum absolute atomic E-state index is 11.9. The number of hydrogen-bond donors (Lipinski definition) is 1. The molecule has 6 heteroatoms. The molecule has 3 aliphatic rings. The third kappa shape index (κ3) is 4.75. The molecule has 6 rings (SSSR count). The normalized spacial score (nSPS) is 19.2. The van der Waals surface area contributed by atoms with Crippen LogP contribution in [0.3, 0.4) is 0 Å². The third-order valence-corrected chi connectivity index (χ3v) is 9.03. The molecule has 0 spiro atoms. The van der Waals surface area contributed by atoms with E-state index in [1.54, 1.807) is 6.07 Å². The Bertz CT molecular complexity index is 1370. The van der Waals surface area contributed by atoms with Crippen molar-refractivity contribution in [2.45, 2.75) is 70.8 Å². The highest BCUT2D eigenvalue weighted by Crippen LogP contribution is 2.47. The van der Waals surface area contributed by atoms with E-state index in [1.165, 1.54) is 65.6 Å². The number of anilines is 1. The van der Waals surface area contributed by atoms with Crippen LogP contribution in [0.15, 0.2) is 36.4 Å². The van der Waals surface area contributed by atoms with Crippen LogP contribution in [0.4, 0.5) is 5.69 Å². The van der Waals surface area contributed by atoms with Gasteiger partial charge in [0.15, 0.2) is 0 Å². The quantitative estimate of drug-likeness (QED) is 0.438. The molecule has 0 radical (unpaired) electrons. The lowest BCUT2D eigenvalue weighted by Gasteiger charge is -2.29. The Morgan fingerprint density at radius 2 is 1.76 bits per heavy atom. The molecule has 6 nitrogen and oxygen atoms in total. The van der Waals surface area contributed by atoms with Crippen molar-refractivity contribution in [1.29, 1.82) is 0 Å². The average Bonchev–Trinajstić information content (AvgIpc) is 3.01. The number of fused-ring (bicyclic) bond motifs is 5. The van der Waals surface area contributed by atoms with Crippen molar-refractivity contribution in [1.82, 2.24) is 9.47 Å². The molecule has 3 aromatic rings. The minimum atomic E-state index is -0.871. The lowest BCUT2D eigenvalue weighted by atomic mass is 9.81. The number of rotatable bonds is 5. The van der Waals surface area contributed by atoms with E-state index in [-0.39, 0.29) is 0 Å². The zero-order chi connectivity index (χ0) is 26.2. The van der Waals surface area contributed by atoms with Crippen LogP contribution in [-0.4, -0.2) is 59.0 Å². The van der Waals surface area contributed by atoms with Gasteiger partial charge < -0.3 is 19.5 Å². The van der Waals surface area contributed by atoms with Crippen molar-refractivity contribution in [2.24, 2.45) is 0 Å². The number of aryl methyl sites for hydroxylation is 1. The van der Waals surface area contributed by atoms with E-state index in [0.29, 0.717) is 30.1 Å². The van der Waals surface area contributed by atoms with E-state index in [1.807, 2.05) is 6.07 Å². The van der Waals surface area contributed by atoms with Crippen molar-refractivity contribution in [3.05, 3.63) is 53.1 Å². The van der Waals surface area contributed by atoms with Crippen LogP contribution >= 0.6 is 0 Å². The van der Waals surface area contributed by atoms with Gasteiger partial charge in [-0.3, -0.25) is 4.79 Å². The van der Waals surface area contributed by atoms with Gasteiger partial charge in [0, 0.05) is 67.7 Å². The summed E-state index contributed by atoms with van der Waals surface area (Å²) in [5.41, 5.74) is 7.95. The van der Waals surface area contributed by atoms with Crippen LogP contribution in [0.5, 0.6) is 0 Å². The molecule has 0 amide bonds. The molecule has 0 bridgehead atoms. The van der Waals surface area contributed by atoms with E-state index in [4.69, 9.17) is 0 Å². The van der Waals surface area contributed by atoms with Gasteiger partial charge in [-0.2, -0.15) is 0 Å². The first-order chi connectivity index (χ1) is 18.5.